The number of rotatable bonds is 12. The summed E-state index contributed by atoms with van der Waals surface area (Å²) in [4.78, 5) is 13.8. The van der Waals surface area contributed by atoms with Gasteiger partial charge in [-0.25, -0.2) is 18.8 Å². The molecule has 2 aliphatic heterocycles. The summed E-state index contributed by atoms with van der Waals surface area (Å²) in [5, 5.41) is 8.65. The van der Waals surface area contributed by atoms with Crippen LogP contribution in [-0.2, 0) is 5.54 Å². The van der Waals surface area contributed by atoms with Crippen LogP contribution in [0.15, 0.2) is 101 Å². The molecule has 0 fully saturated rings. The maximum atomic E-state index is 14.5. The zero-order chi connectivity index (χ0) is 33.4. The topological polar surface area (TPSA) is 70.9 Å². The lowest BCUT2D eigenvalue weighted by molar-refractivity contribution is 0.254. The van der Waals surface area contributed by atoms with Crippen molar-refractivity contribution in [2.75, 3.05) is 6.54 Å². The first-order valence-electron chi connectivity index (χ1n) is 16.8. The predicted molar refractivity (Wildman–Crippen MR) is 195 cm³/mol. The molecule has 2 aromatic carbocycles. The van der Waals surface area contributed by atoms with E-state index in [2.05, 4.69) is 65.2 Å². The molecule has 7 rings (SSSR count). The Hall–Kier alpha value is -3.57. The van der Waals surface area contributed by atoms with Gasteiger partial charge < -0.3 is 16.0 Å². The molecule has 0 saturated heterocycles. The van der Waals surface area contributed by atoms with Gasteiger partial charge in [-0.2, -0.15) is 0 Å². The summed E-state index contributed by atoms with van der Waals surface area (Å²) in [6, 6.07) is 13.2. The molecule has 0 saturated carbocycles. The van der Waals surface area contributed by atoms with Crippen LogP contribution in [0, 0.1) is 23.5 Å². The number of thiazole rings is 1. The molecule has 48 heavy (non-hydrogen) atoms. The van der Waals surface area contributed by atoms with Crippen molar-refractivity contribution in [3.63, 3.8) is 0 Å². The average molecular weight is 685 g/mol. The summed E-state index contributed by atoms with van der Waals surface area (Å²) in [7, 11) is 0. The number of benzene rings is 2. The highest BCUT2D eigenvalue weighted by Gasteiger charge is 2.55. The third-order valence-corrected chi connectivity index (χ3v) is 11.4. The van der Waals surface area contributed by atoms with E-state index < -0.39 is 5.54 Å². The quantitative estimate of drug-likeness (QED) is 0.157. The van der Waals surface area contributed by atoms with Gasteiger partial charge in [0.25, 0.3) is 0 Å². The molecule has 6 nitrogen and oxygen atoms in total. The van der Waals surface area contributed by atoms with Crippen molar-refractivity contribution in [1.82, 2.24) is 19.6 Å². The van der Waals surface area contributed by atoms with Crippen LogP contribution in [0.1, 0.15) is 57.7 Å². The zero-order valence-electron chi connectivity index (χ0n) is 27.5. The van der Waals surface area contributed by atoms with Crippen LogP contribution in [0.3, 0.4) is 0 Å². The zero-order valence-corrected chi connectivity index (χ0v) is 29.2. The molecule has 1 aliphatic carbocycles. The van der Waals surface area contributed by atoms with Crippen molar-refractivity contribution in [3.8, 4) is 11.3 Å². The third-order valence-electron chi connectivity index (χ3n) is 9.83. The van der Waals surface area contributed by atoms with E-state index in [4.69, 9.17) is 15.7 Å². The first-order valence-corrected chi connectivity index (χ1v) is 18.6. The molecule has 10 heteroatoms. The van der Waals surface area contributed by atoms with Gasteiger partial charge in [0.1, 0.15) is 11.6 Å². The van der Waals surface area contributed by atoms with Crippen LogP contribution in [0.5, 0.6) is 0 Å². The van der Waals surface area contributed by atoms with Gasteiger partial charge >= 0.3 is 0 Å². The molecule has 4 heterocycles. The van der Waals surface area contributed by atoms with Gasteiger partial charge in [0.2, 0.25) is 0 Å². The van der Waals surface area contributed by atoms with Crippen molar-refractivity contribution in [3.05, 3.63) is 118 Å². The Morgan fingerprint density at radius 1 is 1.02 bits per heavy atom. The molecule has 3 N–H and O–H groups in total. The largest absolute Gasteiger partial charge is 0.323 e. The summed E-state index contributed by atoms with van der Waals surface area (Å²) in [6.07, 6.45) is 14.5. The normalized spacial score (nSPS) is 24.1. The molecule has 5 atom stereocenters. The van der Waals surface area contributed by atoms with E-state index in [-0.39, 0.29) is 29.8 Å². The number of hydrogen-bond acceptors (Lipinski definition) is 7. The number of halogens is 2. The van der Waals surface area contributed by atoms with Crippen LogP contribution in [0.2, 0.25) is 0 Å². The van der Waals surface area contributed by atoms with Crippen LogP contribution in [-0.4, -0.2) is 44.1 Å². The van der Waals surface area contributed by atoms with Crippen molar-refractivity contribution in [1.29, 1.82) is 0 Å². The number of nitrogens with one attached hydrogen (secondary N) is 1. The van der Waals surface area contributed by atoms with Gasteiger partial charge in [0, 0.05) is 35.4 Å². The fourth-order valence-corrected chi connectivity index (χ4v) is 8.77. The van der Waals surface area contributed by atoms with Gasteiger partial charge in [-0.15, -0.1) is 11.3 Å². The number of nitrogens with zero attached hydrogens (tertiary/aromatic N) is 4. The van der Waals surface area contributed by atoms with Crippen molar-refractivity contribution in [2.45, 2.75) is 70.1 Å². The smallest absolute Gasteiger partial charge is 0.194 e. The van der Waals surface area contributed by atoms with Gasteiger partial charge in [-0.1, -0.05) is 68.5 Å². The number of amidine groups is 1. The molecule has 3 aliphatic rings. The molecule has 0 amide bonds. The molecule has 0 spiro atoms. The number of allylic oxidation sites excluding steroid dienone is 2. The van der Waals surface area contributed by atoms with Crippen LogP contribution in [0.25, 0.3) is 16.2 Å². The molecule has 250 valence electrons. The van der Waals surface area contributed by atoms with Crippen LogP contribution >= 0.6 is 23.1 Å². The number of aliphatic imine (C=N–C) groups is 1. The van der Waals surface area contributed by atoms with E-state index in [0.717, 1.165) is 64.9 Å². The molecule has 2 aromatic heterocycles. The van der Waals surface area contributed by atoms with Crippen LogP contribution in [0.4, 0.5) is 8.78 Å². The number of imidazole rings is 1. The first kappa shape index (κ1) is 33.0. The molecule has 4 aromatic rings. The number of hydrogen-bond donors (Lipinski definition) is 2. The van der Waals surface area contributed by atoms with Crippen LogP contribution < -0.4 is 11.1 Å². The highest BCUT2D eigenvalue weighted by molar-refractivity contribution is 8.16. The number of nitrogens with two attached hydrogens (primary N) is 1. The van der Waals surface area contributed by atoms with Crippen molar-refractivity contribution < 1.29 is 8.78 Å². The maximum absolute atomic E-state index is 14.5. The van der Waals surface area contributed by atoms with E-state index >= 15 is 0 Å². The summed E-state index contributed by atoms with van der Waals surface area (Å²) in [6.45, 7) is 7.74. The van der Waals surface area contributed by atoms with Gasteiger partial charge in [0.05, 0.1) is 17.4 Å². The lowest BCUT2D eigenvalue weighted by atomic mass is 9.75. The second kappa shape index (κ2) is 13.7. The Bertz CT molecular complexity index is 1870. The molecular formula is C38H42F2N6S2. The summed E-state index contributed by atoms with van der Waals surface area (Å²) in [5.41, 5.74) is 10.5. The Morgan fingerprint density at radius 2 is 1.77 bits per heavy atom. The Labute approximate surface area is 289 Å². The monoisotopic (exact) mass is 684 g/mol. The van der Waals surface area contributed by atoms with E-state index in [1.807, 2.05) is 23.7 Å². The third kappa shape index (κ3) is 6.19. The minimum absolute atomic E-state index is 0.0519. The fraction of sp³-hybridized carbons (Fsp3) is 0.368. The first-order chi connectivity index (χ1) is 23.2. The Kier molecular flexibility index (Phi) is 9.43. The Morgan fingerprint density at radius 3 is 2.52 bits per heavy atom. The van der Waals surface area contributed by atoms with Gasteiger partial charge in [0.15, 0.2) is 15.7 Å². The molecular weight excluding hydrogens is 643 g/mol. The van der Waals surface area contributed by atoms with E-state index in [1.165, 1.54) is 29.8 Å². The van der Waals surface area contributed by atoms with Gasteiger partial charge in [-0.05, 0) is 91.4 Å². The average Bonchev–Trinajstić information content (AvgIpc) is 3.84. The predicted octanol–water partition coefficient (Wildman–Crippen LogP) is 8.48. The number of aromatic nitrogens is 2. The lowest BCUT2D eigenvalue weighted by Crippen LogP contribution is -2.46. The summed E-state index contributed by atoms with van der Waals surface area (Å²) in [5.74, 6) is 0.365. The van der Waals surface area contributed by atoms with Gasteiger partial charge in [-0.3, -0.25) is 4.40 Å². The SMILES string of the molecule is CC(C)CCNC1C=CC=C(CCC(C)CC2N3C=CSC3=NC2(c2ccc(F)cc2)c2c(-c3ccc(F)cc3)nc3sccn23)C1N. The van der Waals surface area contributed by atoms with E-state index in [0.29, 0.717) is 11.8 Å². The minimum atomic E-state index is -0.909. The minimum Gasteiger partial charge on any atom is -0.323 e. The summed E-state index contributed by atoms with van der Waals surface area (Å²) >= 11 is 3.15. The van der Waals surface area contributed by atoms with Crippen molar-refractivity contribution in [2.24, 2.45) is 22.6 Å². The standard InChI is InChI=1S/C38H42F2N6S2/c1-24(2)17-18-42-31-6-4-5-26(33(31)41)8-7-25(3)23-32-38(28-11-15-30(40)16-12-28,44-37-45(32)19-21-48-37)35-34(27-9-13-29(39)14-10-27)43-36-46(35)20-22-47-36/h4-6,9-16,19-22,24-25,31-33,42H,7-8,17-18,23,41H2,1-3H3. The van der Waals surface area contributed by atoms with E-state index in [9.17, 15) is 8.78 Å². The number of thioether (sulfide) groups is 1. The van der Waals surface area contributed by atoms with Crippen molar-refractivity contribution >= 4 is 33.2 Å². The summed E-state index contributed by atoms with van der Waals surface area (Å²) < 4.78 is 30.7. The second-order valence-electron chi connectivity index (χ2n) is 13.6. The maximum Gasteiger partial charge on any atom is 0.194 e. The molecule has 5 unspecified atom stereocenters. The molecule has 0 bridgehead atoms. The Balaban J connectivity index is 1.24. The second-order valence-corrected chi connectivity index (χ2v) is 15.3. The van der Waals surface area contributed by atoms with E-state index in [1.54, 1.807) is 35.2 Å². The lowest BCUT2D eigenvalue weighted by Gasteiger charge is -2.38. The fourth-order valence-electron chi connectivity index (χ4n) is 7.24. The highest BCUT2D eigenvalue weighted by Crippen LogP contribution is 2.52. The number of fused-ring (bicyclic) bond motifs is 2. The highest BCUT2D eigenvalue weighted by atomic mass is 32.2. The molecule has 0 radical (unpaired) electrons.